The van der Waals surface area contributed by atoms with Gasteiger partial charge in [0.15, 0.2) is 5.60 Å². The van der Waals surface area contributed by atoms with Crippen molar-refractivity contribution in [2.75, 3.05) is 11.5 Å². The molecule has 7 nitrogen and oxygen atoms in total. The standard InChI is InChI=1S/C32H35FN4O3Si/c1-22-30(41(2,3)33)29(18-19-36-20-27(34-35-36)25(21-38)23-12-6-4-7-13-23)40-32(22)26-16-10-11-17-28(26)37(31(32)39)24-14-8-5-9-15-24/h4-17,20,22,25,29-30,38H,18-19,21H2,1-3H3/t22-,25?,29+,30-,32+/m1/s1. The minimum absolute atomic E-state index is 0.0857. The molecular formula is C32H35FN4O3Si. The monoisotopic (exact) mass is 570 g/mol. The summed E-state index contributed by atoms with van der Waals surface area (Å²) in [5.41, 5.74) is 2.32. The van der Waals surface area contributed by atoms with Crippen molar-refractivity contribution in [2.24, 2.45) is 5.92 Å². The van der Waals surface area contributed by atoms with Gasteiger partial charge in [0.25, 0.3) is 5.91 Å². The zero-order valence-corrected chi connectivity index (χ0v) is 24.5. The number of ether oxygens (including phenoxy) is 1. The molecule has 3 aromatic carbocycles. The molecule has 2 aliphatic heterocycles. The Morgan fingerprint density at radius 3 is 2.37 bits per heavy atom. The van der Waals surface area contributed by atoms with Crippen LogP contribution in [0.4, 0.5) is 15.5 Å². The third-order valence-corrected chi connectivity index (χ3v) is 11.2. The predicted octanol–water partition coefficient (Wildman–Crippen LogP) is 5.95. The second kappa shape index (κ2) is 10.6. The van der Waals surface area contributed by atoms with Crippen LogP contribution >= 0.6 is 0 Å². The Balaban J connectivity index is 1.30. The first-order valence-electron chi connectivity index (χ1n) is 14.2. The molecule has 1 N–H and O–H groups in total. The molecule has 2 aliphatic rings. The lowest BCUT2D eigenvalue weighted by Crippen LogP contribution is -2.44. The number of nitrogens with zero attached hydrogens (tertiary/aromatic N) is 4. The molecule has 0 saturated carbocycles. The van der Waals surface area contributed by atoms with Gasteiger partial charge in [0.05, 0.1) is 30.0 Å². The Labute approximate surface area is 240 Å². The first-order valence-corrected chi connectivity index (χ1v) is 17.1. The van der Waals surface area contributed by atoms with Crippen molar-refractivity contribution in [2.45, 2.75) is 56.1 Å². The number of rotatable bonds is 8. The fraction of sp³-hybridized carbons (Fsp3) is 0.344. The van der Waals surface area contributed by atoms with E-state index in [4.69, 9.17) is 4.74 Å². The van der Waals surface area contributed by atoms with E-state index in [0.717, 1.165) is 22.5 Å². The lowest BCUT2D eigenvalue weighted by molar-refractivity contribution is -0.145. The molecule has 1 unspecified atom stereocenters. The number of hydrogen-bond acceptors (Lipinski definition) is 5. The van der Waals surface area contributed by atoms with E-state index in [2.05, 4.69) is 10.3 Å². The third-order valence-electron chi connectivity index (χ3n) is 8.73. The second-order valence-electron chi connectivity index (χ2n) is 11.6. The highest BCUT2D eigenvalue weighted by atomic mass is 28.4. The summed E-state index contributed by atoms with van der Waals surface area (Å²) >= 11 is 0. The number of anilines is 2. The van der Waals surface area contributed by atoms with E-state index in [-0.39, 0.29) is 24.3 Å². The first kappa shape index (κ1) is 27.5. The lowest BCUT2D eigenvalue weighted by Gasteiger charge is -2.31. The van der Waals surface area contributed by atoms with E-state index in [0.29, 0.717) is 18.7 Å². The van der Waals surface area contributed by atoms with Gasteiger partial charge < -0.3 is 14.0 Å². The molecule has 1 aromatic heterocycles. The van der Waals surface area contributed by atoms with Gasteiger partial charge >= 0.3 is 0 Å². The average Bonchev–Trinajstić information content (AvgIpc) is 3.63. The first-order chi connectivity index (χ1) is 19.8. The van der Waals surface area contributed by atoms with Gasteiger partial charge in [-0.3, -0.25) is 14.4 Å². The molecule has 6 rings (SSSR count). The Hall–Kier alpha value is -3.66. The van der Waals surface area contributed by atoms with Crippen molar-refractivity contribution in [3.63, 3.8) is 0 Å². The van der Waals surface area contributed by atoms with Crippen LogP contribution in [0, 0.1) is 5.92 Å². The normalized spacial score (nSPS) is 24.7. The van der Waals surface area contributed by atoms with Gasteiger partial charge in [0.1, 0.15) is 0 Å². The van der Waals surface area contributed by atoms with Crippen LogP contribution in [0.2, 0.25) is 18.6 Å². The Bertz CT molecular complexity index is 1530. The minimum Gasteiger partial charge on any atom is -0.395 e. The average molecular weight is 571 g/mol. The maximum Gasteiger partial charge on any atom is 0.268 e. The summed E-state index contributed by atoms with van der Waals surface area (Å²) < 4.78 is 24.6. The van der Waals surface area contributed by atoms with E-state index < -0.39 is 25.7 Å². The molecule has 212 valence electrons. The van der Waals surface area contributed by atoms with Gasteiger partial charge in [-0.2, -0.15) is 0 Å². The maximum absolute atomic E-state index is 16.1. The zero-order valence-electron chi connectivity index (χ0n) is 23.5. The number of aliphatic hydroxyl groups excluding tert-OH is 1. The number of aromatic nitrogens is 3. The van der Waals surface area contributed by atoms with Gasteiger partial charge in [-0.25, -0.2) is 0 Å². The lowest BCUT2D eigenvalue weighted by atomic mass is 9.82. The van der Waals surface area contributed by atoms with Gasteiger partial charge in [-0.1, -0.05) is 78.9 Å². The fourth-order valence-corrected chi connectivity index (χ4v) is 9.47. The summed E-state index contributed by atoms with van der Waals surface area (Å²) in [4.78, 5) is 16.1. The molecule has 4 aromatic rings. The quantitative estimate of drug-likeness (QED) is 0.209. The molecule has 0 bridgehead atoms. The van der Waals surface area contributed by atoms with E-state index >= 15 is 4.11 Å². The van der Waals surface area contributed by atoms with Crippen LogP contribution in [0.15, 0.2) is 91.1 Å². The van der Waals surface area contributed by atoms with Gasteiger partial charge in [0, 0.05) is 35.5 Å². The van der Waals surface area contributed by atoms with Crippen molar-refractivity contribution in [3.8, 4) is 0 Å². The molecular weight excluding hydrogens is 535 g/mol. The number of halogens is 1. The maximum atomic E-state index is 16.1. The van der Waals surface area contributed by atoms with E-state index in [1.165, 1.54) is 0 Å². The Kier molecular flexibility index (Phi) is 7.13. The number of aliphatic hydroxyl groups is 1. The van der Waals surface area contributed by atoms with Crippen molar-refractivity contribution in [1.82, 2.24) is 15.0 Å². The fourth-order valence-electron chi connectivity index (χ4n) is 6.93. The summed E-state index contributed by atoms with van der Waals surface area (Å²) in [6.45, 7) is 5.76. The number of benzene rings is 3. The van der Waals surface area contributed by atoms with Crippen LogP contribution in [0.3, 0.4) is 0 Å². The molecule has 5 atom stereocenters. The highest BCUT2D eigenvalue weighted by molar-refractivity contribution is 6.72. The van der Waals surface area contributed by atoms with Crippen LogP contribution in [0.5, 0.6) is 0 Å². The van der Waals surface area contributed by atoms with Crippen LogP contribution in [0.1, 0.15) is 36.1 Å². The molecule has 1 amide bonds. The number of aryl methyl sites for hydroxylation is 1. The molecule has 41 heavy (non-hydrogen) atoms. The van der Waals surface area contributed by atoms with Crippen LogP contribution in [0.25, 0.3) is 0 Å². The van der Waals surface area contributed by atoms with Gasteiger partial charge in [-0.05, 0) is 43.3 Å². The van der Waals surface area contributed by atoms with Crippen LogP contribution < -0.4 is 4.90 Å². The van der Waals surface area contributed by atoms with E-state index in [1.54, 1.807) is 22.7 Å². The zero-order chi connectivity index (χ0) is 28.8. The minimum atomic E-state index is -3.27. The van der Waals surface area contributed by atoms with Crippen LogP contribution in [-0.4, -0.2) is 47.1 Å². The molecule has 3 heterocycles. The highest BCUT2D eigenvalue weighted by Crippen LogP contribution is 2.61. The van der Waals surface area contributed by atoms with Crippen molar-refractivity contribution < 1.29 is 18.7 Å². The summed E-state index contributed by atoms with van der Waals surface area (Å²) in [6.07, 6.45) is 1.85. The van der Waals surface area contributed by atoms with Gasteiger partial charge in [-0.15, -0.1) is 5.10 Å². The molecule has 0 radical (unpaired) electrons. The van der Waals surface area contributed by atoms with Crippen LogP contribution in [-0.2, 0) is 21.7 Å². The summed E-state index contributed by atoms with van der Waals surface area (Å²) in [6, 6.07) is 27.0. The number of para-hydroxylation sites is 2. The highest BCUT2D eigenvalue weighted by Gasteiger charge is 2.66. The number of hydrogen-bond donors (Lipinski definition) is 1. The Morgan fingerprint density at radius 2 is 1.68 bits per heavy atom. The molecule has 1 spiro atoms. The summed E-state index contributed by atoms with van der Waals surface area (Å²) in [5.74, 6) is -0.804. The smallest absolute Gasteiger partial charge is 0.268 e. The van der Waals surface area contributed by atoms with Gasteiger partial charge in [0.2, 0.25) is 8.41 Å². The molecule has 9 heteroatoms. The van der Waals surface area contributed by atoms with Crippen molar-refractivity contribution >= 4 is 25.7 Å². The van der Waals surface area contributed by atoms with Crippen molar-refractivity contribution in [1.29, 1.82) is 0 Å². The number of amides is 1. The topological polar surface area (TPSA) is 80.5 Å². The molecule has 1 saturated heterocycles. The number of carbonyl (C=O) groups is 1. The largest absolute Gasteiger partial charge is 0.395 e. The van der Waals surface area contributed by atoms with E-state index in [1.807, 2.05) is 98.0 Å². The summed E-state index contributed by atoms with van der Waals surface area (Å²) in [7, 11) is -3.27. The predicted molar refractivity (Wildman–Crippen MR) is 158 cm³/mol. The van der Waals surface area contributed by atoms with E-state index in [9.17, 15) is 9.90 Å². The Morgan fingerprint density at radius 1 is 1.02 bits per heavy atom. The third kappa shape index (κ3) is 4.62. The number of fused-ring (bicyclic) bond motifs is 2. The molecule has 1 fully saturated rings. The number of carbonyl (C=O) groups excluding carboxylic acids is 1. The SMILES string of the molecule is C[C@@H]1[C@@H]([Si](C)(C)F)[C@H](CCn2cc(C(CO)c3ccccc3)nn2)O[C@@]12C(=O)N(c1ccccc1)c1ccccc12. The second-order valence-corrected chi connectivity index (χ2v) is 15.4. The summed E-state index contributed by atoms with van der Waals surface area (Å²) in [5, 5.41) is 18.7. The molecule has 0 aliphatic carbocycles. The van der Waals surface area contributed by atoms with Crippen molar-refractivity contribution in [3.05, 3.63) is 108 Å².